The van der Waals surface area contributed by atoms with Crippen molar-refractivity contribution < 1.29 is 9.66 Å². The molecule has 7 heteroatoms. The number of anilines is 1. The number of hydrogen-bond donors (Lipinski definition) is 2. The second-order valence-corrected chi connectivity index (χ2v) is 4.10. The van der Waals surface area contributed by atoms with Crippen molar-refractivity contribution in [3.8, 4) is 5.75 Å². The molecule has 2 aromatic rings. The zero-order chi connectivity index (χ0) is 14.5. The van der Waals surface area contributed by atoms with Crippen molar-refractivity contribution in [2.45, 2.75) is 13.5 Å². The van der Waals surface area contributed by atoms with Crippen LogP contribution in [0.5, 0.6) is 5.75 Å². The number of hydrazine groups is 1. The number of pyridine rings is 1. The molecular formula is C13H14N4O3. The van der Waals surface area contributed by atoms with Gasteiger partial charge in [0.05, 0.1) is 10.5 Å². The third-order valence-electron chi connectivity index (χ3n) is 2.86. The van der Waals surface area contributed by atoms with E-state index in [9.17, 15) is 10.1 Å². The number of nitrogens with two attached hydrogens (primary N) is 1. The minimum atomic E-state index is -0.431. The van der Waals surface area contributed by atoms with E-state index in [1.807, 2.05) is 6.07 Å². The van der Waals surface area contributed by atoms with Gasteiger partial charge in [-0.25, -0.2) is 10.8 Å². The van der Waals surface area contributed by atoms with Gasteiger partial charge in [0.25, 0.3) is 5.69 Å². The van der Waals surface area contributed by atoms with E-state index in [1.54, 1.807) is 31.3 Å². The van der Waals surface area contributed by atoms with E-state index in [2.05, 4.69) is 10.4 Å². The summed E-state index contributed by atoms with van der Waals surface area (Å²) in [6, 6.07) is 8.30. The van der Waals surface area contributed by atoms with Crippen LogP contribution in [0.15, 0.2) is 36.5 Å². The van der Waals surface area contributed by atoms with Crippen molar-refractivity contribution >= 4 is 11.5 Å². The van der Waals surface area contributed by atoms with E-state index >= 15 is 0 Å². The number of nitrogens with zero attached hydrogens (tertiary/aromatic N) is 2. The van der Waals surface area contributed by atoms with Gasteiger partial charge < -0.3 is 10.2 Å². The Hall–Kier alpha value is -2.67. The molecule has 0 saturated carbocycles. The molecule has 0 radical (unpaired) electrons. The lowest BCUT2D eigenvalue weighted by Gasteiger charge is -2.11. The Bertz CT molecular complexity index is 631. The van der Waals surface area contributed by atoms with Gasteiger partial charge in [0.1, 0.15) is 18.2 Å². The summed E-state index contributed by atoms with van der Waals surface area (Å²) < 4.78 is 5.62. The molecule has 1 aromatic heterocycles. The van der Waals surface area contributed by atoms with Crippen LogP contribution in [-0.4, -0.2) is 9.91 Å². The lowest BCUT2D eigenvalue weighted by molar-refractivity contribution is -0.385. The Kier molecular flexibility index (Phi) is 4.11. The average Bonchev–Trinajstić information content (AvgIpc) is 2.46. The molecule has 7 nitrogen and oxygen atoms in total. The molecule has 0 fully saturated rings. The summed E-state index contributed by atoms with van der Waals surface area (Å²) in [4.78, 5) is 14.5. The van der Waals surface area contributed by atoms with E-state index < -0.39 is 4.92 Å². The van der Waals surface area contributed by atoms with Crippen LogP contribution >= 0.6 is 0 Å². The molecule has 0 amide bonds. The predicted octanol–water partition coefficient (Wildman–Crippen LogP) is 2.16. The average molecular weight is 274 g/mol. The van der Waals surface area contributed by atoms with E-state index in [-0.39, 0.29) is 12.3 Å². The molecule has 0 atom stereocenters. The van der Waals surface area contributed by atoms with Crippen molar-refractivity contribution in [1.82, 2.24) is 4.98 Å². The van der Waals surface area contributed by atoms with Crippen LogP contribution in [0.1, 0.15) is 11.1 Å². The number of hydrogen-bond acceptors (Lipinski definition) is 6. The second kappa shape index (κ2) is 5.98. The highest BCUT2D eigenvalue weighted by Crippen LogP contribution is 2.28. The number of benzene rings is 1. The first-order valence-electron chi connectivity index (χ1n) is 5.90. The lowest BCUT2D eigenvalue weighted by Crippen LogP contribution is -2.12. The van der Waals surface area contributed by atoms with Crippen LogP contribution in [0, 0.1) is 17.0 Å². The van der Waals surface area contributed by atoms with Gasteiger partial charge in [-0.1, -0.05) is 12.1 Å². The quantitative estimate of drug-likeness (QED) is 0.492. The summed E-state index contributed by atoms with van der Waals surface area (Å²) in [6.07, 6.45) is 1.61. The highest BCUT2D eigenvalue weighted by molar-refractivity contribution is 5.49. The monoisotopic (exact) mass is 274 g/mol. The van der Waals surface area contributed by atoms with E-state index in [4.69, 9.17) is 10.6 Å². The van der Waals surface area contributed by atoms with Gasteiger partial charge >= 0.3 is 0 Å². The molecule has 2 rings (SSSR count). The molecule has 1 heterocycles. The smallest absolute Gasteiger partial charge is 0.276 e. The largest absolute Gasteiger partial charge is 0.488 e. The maximum absolute atomic E-state index is 10.9. The first kappa shape index (κ1) is 13.8. The fourth-order valence-electron chi connectivity index (χ4n) is 1.80. The molecule has 104 valence electrons. The van der Waals surface area contributed by atoms with Gasteiger partial charge in [0.15, 0.2) is 0 Å². The van der Waals surface area contributed by atoms with Gasteiger partial charge in [0.2, 0.25) is 0 Å². The normalized spacial score (nSPS) is 10.1. The Morgan fingerprint density at radius 2 is 2.20 bits per heavy atom. The Labute approximate surface area is 115 Å². The number of rotatable bonds is 5. The highest BCUT2D eigenvalue weighted by Gasteiger charge is 2.14. The molecule has 3 N–H and O–H groups in total. The Morgan fingerprint density at radius 3 is 2.90 bits per heavy atom. The zero-order valence-electron chi connectivity index (χ0n) is 10.9. The summed E-state index contributed by atoms with van der Waals surface area (Å²) in [6.45, 7) is 1.87. The minimum Gasteiger partial charge on any atom is -0.488 e. The van der Waals surface area contributed by atoms with Crippen LogP contribution in [0.3, 0.4) is 0 Å². The molecule has 0 unspecified atom stereocenters. The third-order valence-corrected chi connectivity index (χ3v) is 2.86. The first-order chi connectivity index (χ1) is 9.63. The highest BCUT2D eigenvalue weighted by atomic mass is 16.6. The van der Waals surface area contributed by atoms with Crippen LogP contribution < -0.4 is 16.0 Å². The standard InChI is InChI=1S/C13H14N4O3/c1-9-11(17(18)19)5-2-6-12(9)20-8-10-4-3-7-15-13(10)16-14/h2-7H,8,14H2,1H3,(H,15,16). The van der Waals surface area contributed by atoms with Gasteiger partial charge in [-0.3, -0.25) is 10.1 Å². The van der Waals surface area contributed by atoms with E-state index in [0.29, 0.717) is 17.1 Å². The topological polar surface area (TPSA) is 103 Å². The van der Waals surface area contributed by atoms with Crippen LogP contribution in [0.2, 0.25) is 0 Å². The fourth-order valence-corrected chi connectivity index (χ4v) is 1.80. The van der Waals surface area contributed by atoms with E-state index in [1.165, 1.54) is 6.07 Å². The maximum atomic E-state index is 10.9. The van der Waals surface area contributed by atoms with Crippen molar-refractivity contribution in [1.29, 1.82) is 0 Å². The first-order valence-corrected chi connectivity index (χ1v) is 5.90. The van der Waals surface area contributed by atoms with Crippen LogP contribution in [0.4, 0.5) is 11.5 Å². The summed E-state index contributed by atoms with van der Waals surface area (Å²) in [5.74, 6) is 6.33. The van der Waals surface area contributed by atoms with Crippen molar-refractivity contribution in [3.05, 3.63) is 57.8 Å². The molecule has 0 aliphatic carbocycles. The number of aromatic nitrogens is 1. The van der Waals surface area contributed by atoms with Crippen LogP contribution in [0.25, 0.3) is 0 Å². The zero-order valence-corrected chi connectivity index (χ0v) is 10.9. The van der Waals surface area contributed by atoms with E-state index in [0.717, 1.165) is 5.56 Å². The maximum Gasteiger partial charge on any atom is 0.276 e. The van der Waals surface area contributed by atoms with Crippen molar-refractivity contribution in [3.63, 3.8) is 0 Å². The van der Waals surface area contributed by atoms with Crippen molar-refractivity contribution in [2.75, 3.05) is 5.43 Å². The number of ether oxygens (including phenoxy) is 1. The third kappa shape index (κ3) is 2.83. The summed E-state index contributed by atoms with van der Waals surface area (Å²) >= 11 is 0. The molecule has 0 spiro atoms. The molecule has 1 aromatic carbocycles. The van der Waals surface area contributed by atoms with Gasteiger partial charge in [-0.05, 0) is 19.1 Å². The van der Waals surface area contributed by atoms with Gasteiger partial charge in [-0.2, -0.15) is 0 Å². The predicted molar refractivity (Wildman–Crippen MR) is 74.2 cm³/mol. The Morgan fingerprint density at radius 1 is 1.40 bits per heavy atom. The molecule has 0 aliphatic heterocycles. The summed E-state index contributed by atoms with van der Waals surface area (Å²) in [5.41, 5.74) is 3.76. The van der Waals surface area contributed by atoms with Crippen LogP contribution in [-0.2, 0) is 6.61 Å². The number of nitro benzene ring substituents is 1. The SMILES string of the molecule is Cc1c(OCc2cccnc2NN)cccc1[N+](=O)[O-]. The molecule has 20 heavy (non-hydrogen) atoms. The van der Waals surface area contributed by atoms with Crippen molar-refractivity contribution in [2.24, 2.45) is 5.84 Å². The molecular weight excluding hydrogens is 260 g/mol. The fraction of sp³-hybridized carbons (Fsp3) is 0.154. The summed E-state index contributed by atoms with van der Waals surface area (Å²) in [7, 11) is 0. The lowest BCUT2D eigenvalue weighted by atomic mass is 10.2. The summed E-state index contributed by atoms with van der Waals surface area (Å²) in [5, 5.41) is 10.9. The van der Waals surface area contributed by atoms with Gasteiger partial charge in [0, 0.05) is 17.8 Å². The Balaban J connectivity index is 2.19. The number of nitro groups is 1. The van der Waals surface area contributed by atoms with Gasteiger partial charge in [-0.15, -0.1) is 0 Å². The minimum absolute atomic E-state index is 0.0332. The number of nitrogen functional groups attached to an aromatic ring is 1. The second-order valence-electron chi connectivity index (χ2n) is 4.10. The molecule has 0 bridgehead atoms. The molecule has 0 aliphatic rings. The molecule has 0 saturated heterocycles. The number of nitrogens with one attached hydrogen (secondary N) is 1.